The van der Waals surface area contributed by atoms with Crippen LogP contribution < -0.4 is 0 Å². The Bertz CT molecular complexity index is 319. The van der Waals surface area contributed by atoms with Crippen molar-refractivity contribution >= 4 is 0 Å². The van der Waals surface area contributed by atoms with E-state index in [2.05, 4.69) is 25.2 Å². The number of hydrogen-bond donors (Lipinski definition) is 0. The first-order chi connectivity index (χ1) is 11.9. The van der Waals surface area contributed by atoms with E-state index >= 15 is 0 Å². The lowest BCUT2D eigenvalue weighted by Crippen LogP contribution is -1.83. The highest BCUT2D eigenvalue weighted by Crippen LogP contribution is 2.13. The zero-order valence-corrected chi connectivity index (χ0v) is 16.2. The average molecular weight is 330 g/mol. The minimum absolute atomic E-state index is 1.20. The van der Waals surface area contributed by atoms with Crippen LogP contribution in [0.25, 0.3) is 0 Å². The second-order valence-electron chi connectivity index (χ2n) is 6.78. The number of rotatable bonds is 18. The van der Waals surface area contributed by atoms with E-state index in [-0.39, 0.29) is 0 Å². The number of hydrogen-bond acceptors (Lipinski definition) is 0. The number of allylic oxidation sites excluding steroid dienone is 7. The smallest absolute Gasteiger partial charge is 0.0348 e. The van der Waals surface area contributed by atoms with Crippen molar-refractivity contribution in [2.24, 2.45) is 0 Å². The summed E-state index contributed by atoms with van der Waals surface area (Å²) in [4.78, 5) is 0. The molecule has 0 fully saturated rings. The zero-order chi connectivity index (χ0) is 17.6. The van der Waals surface area contributed by atoms with Crippen molar-refractivity contribution in [3.05, 3.63) is 49.1 Å². The summed E-state index contributed by atoms with van der Waals surface area (Å²) in [5, 5.41) is 0. The average Bonchev–Trinajstić information content (AvgIpc) is 2.60. The van der Waals surface area contributed by atoms with Crippen LogP contribution in [0.15, 0.2) is 42.5 Å². The minimum atomic E-state index is 1.20. The van der Waals surface area contributed by atoms with Crippen molar-refractivity contribution in [1.82, 2.24) is 0 Å². The summed E-state index contributed by atoms with van der Waals surface area (Å²) in [6, 6.07) is 0. The maximum atomic E-state index is 5.25. The number of unbranched alkanes of at least 4 members (excludes halogenated alkanes) is 14. The fourth-order valence-corrected chi connectivity index (χ4v) is 2.89. The van der Waals surface area contributed by atoms with Crippen molar-refractivity contribution in [2.75, 3.05) is 0 Å². The molecule has 1 radical (unpaired) electrons. The van der Waals surface area contributed by atoms with E-state index in [1.807, 2.05) is 18.2 Å². The molecule has 0 bridgehead atoms. The fraction of sp³-hybridized carbons (Fsp3) is 0.667. The van der Waals surface area contributed by atoms with E-state index in [1.54, 1.807) is 6.08 Å². The third-order valence-electron chi connectivity index (χ3n) is 4.42. The Kier molecular flexibility index (Phi) is 21.0. The molecule has 0 atom stereocenters. The van der Waals surface area contributed by atoms with Gasteiger partial charge in [-0.3, -0.25) is 0 Å². The third-order valence-corrected chi connectivity index (χ3v) is 4.42. The predicted molar refractivity (Wildman–Crippen MR) is 111 cm³/mol. The molecule has 24 heavy (non-hydrogen) atoms. The third kappa shape index (κ3) is 21.0. The standard InChI is InChI=1S/C24H41/c1-3-5-7-9-11-13-15-17-19-21-23-24-22-20-18-16-14-12-10-8-6-4-2/h1,3,5,7,9,11,13,15H,4,6,8,10,12,14,16-24H2,2H3/b3-1?,7-5+,11-9+,15-13+. The highest BCUT2D eigenvalue weighted by Gasteiger charge is 1.93. The maximum absolute atomic E-state index is 5.25. The van der Waals surface area contributed by atoms with Crippen LogP contribution in [0.4, 0.5) is 0 Å². The monoisotopic (exact) mass is 329 g/mol. The minimum Gasteiger partial charge on any atom is -0.0845 e. The Morgan fingerprint density at radius 1 is 0.500 bits per heavy atom. The van der Waals surface area contributed by atoms with Gasteiger partial charge in [-0.2, -0.15) is 0 Å². The largest absolute Gasteiger partial charge is 0.0845 e. The summed E-state index contributed by atoms with van der Waals surface area (Å²) < 4.78 is 0. The summed E-state index contributed by atoms with van der Waals surface area (Å²) in [7, 11) is 0. The van der Waals surface area contributed by atoms with Crippen molar-refractivity contribution in [3.8, 4) is 0 Å². The second-order valence-corrected chi connectivity index (χ2v) is 6.78. The second kappa shape index (κ2) is 22.0. The molecule has 0 unspecified atom stereocenters. The van der Waals surface area contributed by atoms with Gasteiger partial charge in [0.25, 0.3) is 0 Å². The van der Waals surface area contributed by atoms with Crippen LogP contribution >= 0.6 is 0 Å². The van der Waals surface area contributed by atoms with Gasteiger partial charge in [-0.1, -0.05) is 140 Å². The molecule has 0 nitrogen and oxygen atoms in total. The molecule has 0 aromatic heterocycles. The molecule has 137 valence electrons. The van der Waals surface area contributed by atoms with Gasteiger partial charge in [-0.15, -0.1) is 0 Å². The first-order valence-corrected chi connectivity index (χ1v) is 10.4. The van der Waals surface area contributed by atoms with E-state index in [1.165, 1.54) is 96.3 Å². The van der Waals surface area contributed by atoms with Gasteiger partial charge in [0.1, 0.15) is 0 Å². The Labute approximate surface area is 152 Å². The molecule has 0 N–H and O–H groups in total. The van der Waals surface area contributed by atoms with Gasteiger partial charge in [0.2, 0.25) is 0 Å². The van der Waals surface area contributed by atoms with Gasteiger partial charge in [0.05, 0.1) is 0 Å². The molecule has 0 spiro atoms. The summed E-state index contributed by atoms with van der Waals surface area (Å²) in [5.74, 6) is 0. The molecule has 0 aliphatic rings. The van der Waals surface area contributed by atoms with Crippen molar-refractivity contribution < 1.29 is 0 Å². The van der Waals surface area contributed by atoms with Crippen molar-refractivity contribution in [3.63, 3.8) is 0 Å². The lowest BCUT2D eigenvalue weighted by atomic mass is 10.0. The molecule has 0 saturated heterocycles. The summed E-state index contributed by atoms with van der Waals surface area (Å²) in [6.07, 6.45) is 35.0. The van der Waals surface area contributed by atoms with E-state index in [4.69, 9.17) is 6.58 Å². The van der Waals surface area contributed by atoms with Gasteiger partial charge in [-0.05, 0) is 12.8 Å². The van der Waals surface area contributed by atoms with Crippen molar-refractivity contribution in [1.29, 1.82) is 0 Å². The Hall–Kier alpha value is -1.04. The van der Waals surface area contributed by atoms with Crippen LogP contribution in [-0.2, 0) is 0 Å². The van der Waals surface area contributed by atoms with E-state index < -0.39 is 0 Å². The molecule has 0 aliphatic heterocycles. The lowest BCUT2D eigenvalue weighted by Gasteiger charge is -2.02. The SMILES string of the molecule is [CH]=C/C=C/C=C/C=C/CCCCCCCCCCCCCCCC. The first-order valence-electron chi connectivity index (χ1n) is 10.4. The highest BCUT2D eigenvalue weighted by atomic mass is 14.0. The van der Waals surface area contributed by atoms with Gasteiger partial charge in [-0.25, -0.2) is 0 Å². The highest BCUT2D eigenvalue weighted by molar-refractivity contribution is 5.13. The van der Waals surface area contributed by atoms with Gasteiger partial charge in [0.15, 0.2) is 0 Å². The molecular weight excluding hydrogens is 288 g/mol. The molecule has 0 aliphatic carbocycles. The van der Waals surface area contributed by atoms with Gasteiger partial charge in [0, 0.05) is 0 Å². The molecule has 0 saturated carbocycles. The van der Waals surface area contributed by atoms with E-state index in [9.17, 15) is 0 Å². The van der Waals surface area contributed by atoms with E-state index in [0.29, 0.717) is 0 Å². The molecule has 0 heteroatoms. The van der Waals surface area contributed by atoms with Crippen LogP contribution in [-0.4, -0.2) is 0 Å². The molecule has 0 rings (SSSR count). The molecular formula is C24H41. The van der Waals surface area contributed by atoms with Crippen LogP contribution in [0.2, 0.25) is 0 Å². The molecule has 0 heterocycles. The van der Waals surface area contributed by atoms with Crippen LogP contribution in [0, 0.1) is 6.58 Å². The van der Waals surface area contributed by atoms with Crippen LogP contribution in [0.1, 0.15) is 103 Å². The van der Waals surface area contributed by atoms with Gasteiger partial charge >= 0.3 is 0 Å². The Morgan fingerprint density at radius 2 is 0.917 bits per heavy atom. The molecule has 0 aromatic rings. The Morgan fingerprint density at radius 3 is 1.42 bits per heavy atom. The molecule has 0 aromatic carbocycles. The zero-order valence-electron chi connectivity index (χ0n) is 16.2. The Balaban J connectivity index is 3.12. The van der Waals surface area contributed by atoms with Crippen LogP contribution in [0.3, 0.4) is 0 Å². The quantitative estimate of drug-likeness (QED) is 0.174. The van der Waals surface area contributed by atoms with Crippen LogP contribution in [0.5, 0.6) is 0 Å². The maximum Gasteiger partial charge on any atom is -0.0348 e. The lowest BCUT2D eigenvalue weighted by molar-refractivity contribution is 0.536. The first kappa shape index (κ1) is 23.0. The summed E-state index contributed by atoms with van der Waals surface area (Å²) in [5.41, 5.74) is 0. The normalized spacial score (nSPS) is 12.0. The molecule has 0 amide bonds. The van der Waals surface area contributed by atoms with E-state index in [0.717, 1.165) is 0 Å². The predicted octanol–water partition coefficient (Wildman–Crippen LogP) is 8.52. The summed E-state index contributed by atoms with van der Waals surface area (Å²) >= 11 is 0. The van der Waals surface area contributed by atoms with Crippen molar-refractivity contribution in [2.45, 2.75) is 103 Å². The van der Waals surface area contributed by atoms with Gasteiger partial charge < -0.3 is 0 Å². The fourth-order valence-electron chi connectivity index (χ4n) is 2.89. The summed E-state index contributed by atoms with van der Waals surface area (Å²) in [6.45, 7) is 7.53. The topological polar surface area (TPSA) is 0 Å².